The molecular formula is C10H18ClN5O. The van der Waals surface area contributed by atoms with Crippen LogP contribution in [0.2, 0.25) is 5.28 Å². The summed E-state index contributed by atoms with van der Waals surface area (Å²) in [6.07, 6.45) is 2.08. The number of rotatable bonds is 7. The number of aliphatic hydroxyl groups excluding tert-OH is 1. The van der Waals surface area contributed by atoms with Gasteiger partial charge in [0, 0.05) is 20.1 Å². The molecular weight excluding hydrogens is 242 g/mol. The number of nitrogens with one attached hydrogen (secondary N) is 1. The molecule has 0 aliphatic carbocycles. The summed E-state index contributed by atoms with van der Waals surface area (Å²) < 4.78 is 0. The van der Waals surface area contributed by atoms with Crippen molar-refractivity contribution < 1.29 is 5.11 Å². The number of halogens is 1. The van der Waals surface area contributed by atoms with Crippen LogP contribution in [0.3, 0.4) is 0 Å². The Hall–Kier alpha value is -1.14. The molecule has 1 aromatic heterocycles. The maximum Gasteiger partial charge on any atom is 0.231 e. The standard InChI is InChI=1S/C10H18ClN5O/c1-3-4-5-16(6-7-17)10-14-8(11)13-9(12-2)15-10/h17H,3-7H2,1-2H3,(H,12,13,14,15). The Kier molecular flexibility index (Phi) is 5.93. The van der Waals surface area contributed by atoms with Crippen LogP contribution in [-0.4, -0.2) is 46.8 Å². The molecule has 0 spiro atoms. The van der Waals surface area contributed by atoms with Gasteiger partial charge in [0.15, 0.2) is 0 Å². The number of aliphatic hydroxyl groups is 1. The van der Waals surface area contributed by atoms with E-state index in [0.717, 1.165) is 19.4 Å². The number of nitrogens with zero attached hydrogens (tertiary/aromatic N) is 4. The van der Waals surface area contributed by atoms with Crippen LogP contribution in [0.25, 0.3) is 0 Å². The first-order chi connectivity index (χ1) is 8.21. The van der Waals surface area contributed by atoms with E-state index < -0.39 is 0 Å². The van der Waals surface area contributed by atoms with Crippen molar-refractivity contribution in [3.8, 4) is 0 Å². The van der Waals surface area contributed by atoms with Gasteiger partial charge in [0.1, 0.15) is 0 Å². The van der Waals surface area contributed by atoms with Crippen LogP contribution in [0, 0.1) is 0 Å². The average Bonchev–Trinajstić information content (AvgIpc) is 2.33. The van der Waals surface area contributed by atoms with E-state index in [2.05, 4.69) is 27.2 Å². The fraction of sp³-hybridized carbons (Fsp3) is 0.700. The SMILES string of the molecule is CCCCN(CCO)c1nc(Cl)nc(NC)n1. The monoisotopic (exact) mass is 259 g/mol. The zero-order valence-electron chi connectivity index (χ0n) is 10.1. The van der Waals surface area contributed by atoms with Crippen molar-refractivity contribution in [2.45, 2.75) is 19.8 Å². The zero-order valence-corrected chi connectivity index (χ0v) is 10.9. The lowest BCUT2D eigenvalue weighted by Gasteiger charge is -2.21. The highest BCUT2D eigenvalue weighted by molar-refractivity contribution is 6.28. The molecule has 2 N–H and O–H groups in total. The largest absolute Gasteiger partial charge is 0.395 e. The molecule has 6 nitrogen and oxygen atoms in total. The molecule has 0 amide bonds. The molecule has 1 heterocycles. The van der Waals surface area contributed by atoms with E-state index in [1.807, 2.05) is 4.90 Å². The minimum absolute atomic E-state index is 0.0574. The minimum atomic E-state index is 0.0574. The summed E-state index contributed by atoms with van der Waals surface area (Å²) in [5.41, 5.74) is 0. The average molecular weight is 260 g/mol. The molecule has 7 heteroatoms. The Labute approximate surface area is 106 Å². The van der Waals surface area contributed by atoms with Crippen molar-refractivity contribution in [3.63, 3.8) is 0 Å². The summed E-state index contributed by atoms with van der Waals surface area (Å²) in [5, 5.41) is 12.0. The minimum Gasteiger partial charge on any atom is -0.395 e. The van der Waals surface area contributed by atoms with Crippen molar-refractivity contribution in [1.82, 2.24) is 15.0 Å². The summed E-state index contributed by atoms with van der Waals surface area (Å²) in [6, 6.07) is 0. The van der Waals surface area contributed by atoms with Crippen molar-refractivity contribution in [1.29, 1.82) is 0 Å². The van der Waals surface area contributed by atoms with Crippen molar-refractivity contribution in [3.05, 3.63) is 5.28 Å². The Balaban J connectivity index is 2.87. The van der Waals surface area contributed by atoms with Gasteiger partial charge >= 0.3 is 0 Å². The first kappa shape index (κ1) is 13.9. The molecule has 0 saturated carbocycles. The highest BCUT2D eigenvalue weighted by Gasteiger charge is 2.11. The molecule has 17 heavy (non-hydrogen) atoms. The van der Waals surface area contributed by atoms with Crippen LogP contribution in [-0.2, 0) is 0 Å². The molecule has 0 bridgehead atoms. The summed E-state index contributed by atoms with van der Waals surface area (Å²) in [5.74, 6) is 0.927. The highest BCUT2D eigenvalue weighted by atomic mass is 35.5. The molecule has 0 radical (unpaired) electrons. The summed E-state index contributed by atoms with van der Waals surface area (Å²) in [6.45, 7) is 3.45. The molecule has 0 aliphatic rings. The van der Waals surface area contributed by atoms with Gasteiger partial charge in [0.2, 0.25) is 17.2 Å². The summed E-state index contributed by atoms with van der Waals surface area (Å²) in [7, 11) is 1.72. The number of aromatic nitrogens is 3. The molecule has 1 rings (SSSR count). The predicted octanol–water partition coefficient (Wildman–Crippen LogP) is 1.17. The third kappa shape index (κ3) is 4.32. The third-order valence-electron chi connectivity index (χ3n) is 2.25. The van der Waals surface area contributed by atoms with Crippen molar-refractivity contribution in [2.75, 3.05) is 37.0 Å². The number of unbranched alkanes of at least 4 members (excludes halogenated alkanes) is 1. The normalized spacial score (nSPS) is 10.4. The van der Waals surface area contributed by atoms with Gasteiger partial charge < -0.3 is 15.3 Å². The number of anilines is 2. The first-order valence-corrected chi connectivity index (χ1v) is 6.04. The van der Waals surface area contributed by atoms with Gasteiger partial charge in [-0.1, -0.05) is 13.3 Å². The lowest BCUT2D eigenvalue weighted by molar-refractivity contribution is 0.301. The predicted molar refractivity (Wildman–Crippen MR) is 68.6 cm³/mol. The number of hydrogen-bond acceptors (Lipinski definition) is 6. The highest BCUT2D eigenvalue weighted by Crippen LogP contribution is 2.13. The fourth-order valence-electron chi connectivity index (χ4n) is 1.37. The van der Waals surface area contributed by atoms with Crippen molar-refractivity contribution in [2.24, 2.45) is 0 Å². The summed E-state index contributed by atoms with van der Waals surface area (Å²) in [4.78, 5) is 14.1. The van der Waals surface area contributed by atoms with Crippen LogP contribution in [0.15, 0.2) is 0 Å². The second-order valence-electron chi connectivity index (χ2n) is 3.54. The van der Waals surface area contributed by atoms with Crippen molar-refractivity contribution >= 4 is 23.5 Å². The maximum atomic E-state index is 9.03. The van der Waals surface area contributed by atoms with E-state index in [0.29, 0.717) is 18.4 Å². The van der Waals surface area contributed by atoms with Gasteiger partial charge in [-0.3, -0.25) is 0 Å². The van der Waals surface area contributed by atoms with Crippen LogP contribution >= 0.6 is 11.6 Å². The van der Waals surface area contributed by atoms with E-state index in [1.54, 1.807) is 7.05 Å². The van der Waals surface area contributed by atoms with E-state index in [9.17, 15) is 0 Å². The van der Waals surface area contributed by atoms with Gasteiger partial charge in [0.25, 0.3) is 0 Å². The molecule has 0 fully saturated rings. The quantitative estimate of drug-likeness (QED) is 0.766. The molecule has 0 aromatic carbocycles. The molecule has 0 unspecified atom stereocenters. The Morgan fingerprint density at radius 3 is 2.65 bits per heavy atom. The maximum absolute atomic E-state index is 9.03. The lowest BCUT2D eigenvalue weighted by atomic mass is 10.3. The molecule has 96 valence electrons. The second kappa shape index (κ2) is 7.24. The van der Waals surface area contributed by atoms with E-state index in [-0.39, 0.29) is 11.9 Å². The van der Waals surface area contributed by atoms with Crippen LogP contribution < -0.4 is 10.2 Å². The van der Waals surface area contributed by atoms with Crippen LogP contribution in [0.1, 0.15) is 19.8 Å². The van der Waals surface area contributed by atoms with Gasteiger partial charge in [-0.25, -0.2) is 0 Å². The van der Waals surface area contributed by atoms with Gasteiger partial charge in [-0.05, 0) is 18.0 Å². The van der Waals surface area contributed by atoms with E-state index >= 15 is 0 Å². The van der Waals surface area contributed by atoms with Gasteiger partial charge in [-0.15, -0.1) is 0 Å². The summed E-state index contributed by atoms with van der Waals surface area (Å²) >= 11 is 5.82. The van der Waals surface area contributed by atoms with Gasteiger partial charge in [-0.2, -0.15) is 15.0 Å². The Morgan fingerprint density at radius 2 is 2.06 bits per heavy atom. The third-order valence-corrected chi connectivity index (χ3v) is 2.42. The molecule has 0 atom stereocenters. The molecule has 1 aromatic rings. The topological polar surface area (TPSA) is 74.2 Å². The van der Waals surface area contributed by atoms with Crippen LogP contribution in [0.5, 0.6) is 0 Å². The fourth-order valence-corrected chi connectivity index (χ4v) is 1.53. The lowest BCUT2D eigenvalue weighted by Crippen LogP contribution is -2.30. The second-order valence-corrected chi connectivity index (χ2v) is 3.88. The van der Waals surface area contributed by atoms with E-state index in [1.165, 1.54) is 0 Å². The molecule has 0 aliphatic heterocycles. The van der Waals surface area contributed by atoms with Gasteiger partial charge in [0.05, 0.1) is 6.61 Å². The van der Waals surface area contributed by atoms with E-state index in [4.69, 9.17) is 16.7 Å². The number of hydrogen-bond donors (Lipinski definition) is 2. The Bertz CT molecular complexity index is 349. The zero-order chi connectivity index (χ0) is 12.7. The molecule has 0 saturated heterocycles. The van der Waals surface area contributed by atoms with Crippen LogP contribution in [0.4, 0.5) is 11.9 Å². The first-order valence-electron chi connectivity index (χ1n) is 5.66. The smallest absolute Gasteiger partial charge is 0.231 e. The Morgan fingerprint density at radius 1 is 1.29 bits per heavy atom.